The zero-order valence-corrected chi connectivity index (χ0v) is 19.6. The Morgan fingerprint density at radius 3 is 2.32 bits per heavy atom. The molecule has 4 rings (SSSR count). The van der Waals surface area contributed by atoms with Crippen LogP contribution in [0.25, 0.3) is 17.2 Å². The van der Waals surface area contributed by atoms with Crippen molar-refractivity contribution in [3.05, 3.63) is 101 Å². The molecule has 0 spiro atoms. The Labute approximate surface area is 200 Å². The summed E-state index contributed by atoms with van der Waals surface area (Å²) in [5, 5.41) is 0. The molecule has 34 heavy (non-hydrogen) atoms. The second-order valence-corrected chi connectivity index (χ2v) is 9.05. The SMILES string of the molecule is C=CC1CCC(c2ccc(-c3ccc(/C=C/C4=CCC(OCC)C(F)=C4)cc3)c(F)c2F)CC1. The number of benzene rings is 2. The monoisotopic (exact) mass is 464 g/mol. The van der Waals surface area contributed by atoms with Gasteiger partial charge in [0.05, 0.1) is 0 Å². The first kappa shape index (κ1) is 24.3. The molecule has 0 saturated heterocycles. The lowest BCUT2D eigenvalue weighted by molar-refractivity contribution is 0.0733. The maximum atomic E-state index is 15.0. The molecular weight excluding hydrogens is 433 g/mol. The third kappa shape index (κ3) is 5.44. The van der Waals surface area contributed by atoms with Gasteiger partial charge in [-0.05, 0) is 79.2 Å². The molecule has 1 fully saturated rings. The van der Waals surface area contributed by atoms with Gasteiger partial charge in [-0.2, -0.15) is 0 Å². The van der Waals surface area contributed by atoms with E-state index in [4.69, 9.17) is 4.74 Å². The van der Waals surface area contributed by atoms with Crippen molar-refractivity contribution in [3.8, 4) is 11.1 Å². The van der Waals surface area contributed by atoms with Gasteiger partial charge in [0.1, 0.15) is 11.9 Å². The summed E-state index contributed by atoms with van der Waals surface area (Å²) < 4.78 is 49.4. The smallest absolute Gasteiger partial charge is 0.166 e. The van der Waals surface area contributed by atoms with E-state index in [2.05, 4.69) is 6.58 Å². The Morgan fingerprint density at radius 1 is 0.941 bits per heavy atom. The molecule has 0 bridgehead atoms. The van der Waals surface area contributed by atoms with Crippen LogP contribution in [0.4, 0.5) is 13.2 Å². The highest BCUT2D eigenvalue weighted by Gasteiger charge is 2.25. The van der Waals surface area contributed by atoms with Gasteiger partial charge in [0.15, 0.2) is 11.6 Å². The van der Waals surface area contributed by atoms with Gasteiger partial charge < -0.3 is 4.74 Å². The predicted octanol–water partition coefficient (Wildman–Crippen LogP) is 8.69. The first-order valence-corrected chi connectivity index (χ1v) is 12.1. The van der Waals surface area contributed by atoms with Crippen LogP contribution in [0.2, 0.25) is 0 Å². The third-order valence-corrected chi connectivity index (χ3v) is 6.89. The van der Waals surface area contributed by atoms with Crippen LogP contribution in [0, 0.1) is 17.6 Å². The van der Waals surface area contributed by atoms with Crippen molar-refractivity contribution in [1.82, 2.24) is 0 Å². The van der Waals surface area contributed by atoms with Crippen molar-refractivity contribution in [2.45, 2.75) is 51.0 Å². The highest BCUT2D eigenvalue weighted by Crippen LogP contribution is 2.39. The summed E-state index contributed by atoms with van der Waals surface area (Å²) in [6.45, 7) is 6.17. The van der Waals surface area contributed by atoms with E-state index in [1.807, 2.05) is 43.4 Å². The Hall–Kier alpha value is -2.85. The van der Waals surface area contributed by atoms with Crippen LogP contribution in [0.1, 0.15) is 56.1 Å². The van der Waals surface area contributed by atoms with Gasteiger partial charge in [0.25, 0.3) is 0 Å². The summed E-state index contributed by atoms with van der Waals surface area (Å²) in [6, 6.07) is 10.7. The standard InChI is InChI=1S/C30H31F3O/c1-3-20-7-12-23(13-8-20)25-16-17-26(30(33)29(25)32)24-14-9-21(10-15-24)5-6-22-11-18-28(34-4-2)27(31)19-22/h3,5-6,9-11,14-17,19-20,23,28H,1,4,7-8,12-13,18H2,2H3/b6-5+. The molecule has 2 aliphatic carbocycles. The van der Waals surface area contributed by atoms with E-state index in [9.17, 15) is 13.2 Å². The third-order valence-electron chi connectivity index (χ3n) is 6.89. The number of hydrogen-bond acceptors (Lipinski definition) is 1. The van der Waals surface area contributed by atoms with Gasteiger partial charge >= 0.3 is 0 Å². The number of allylic oxidation sites excluding steroid dienone is 4. The Kier molecular flexibility index (Phi) is 7.89. The van der Waals surface area contributed by atoms with Crippen molar-refractivity contribution < 1.29 is 17.9 Å². The minimum atomic E-state index is -0.788. The average molecular weight is 465 g/mol. The fourth-order valence-corrected chi connectivity index (χ4v) is 4.87. The molecule has 1 atom stereocenters. The van der Waals surface area contributed by atoms with Crippen LogP contribution in [0.15, 0.2) is 78.7 Å². The highest BCUT2D eigenvalue weighted by molar-refractivity contribution is 5.67. The molecule has 178 valence electrons. The van der Waals surface area contributed by atoms with Crippen molar-refractivity contribution >= 4 is 6.08 Å². The van der Waals surface area contributed by atoms with E-state index in [-0.39, 0.29) is 17.3 Å². The molecule has 0 N–H and O–H groups in total. The van der Waals surface area contributed by atoms with E-state index < -0.39 is 17.7 Å². The molecule has 0 amide bonds. The van der Waals surface area contributed by atoms with Crippen LogP contribution < -0.4 is 0 Å². The van der Waals surface area contributed by atoms with Crippen molar-refractivity contribution in [2.75, 3.05) is 6.61 Å². The quantitative estimate of drug-likeness (QED) is 0.372. The van der Waals surface area contributed by atoms with Crippen LogP contribution in [-0.4, -0.2) is 12.7 Å². The summed E-state index contributed by atoms with van der Waals surface area (Å²) >= 11 is 0. The lowest BCUT2D eigenvalue weighted by atomic mass is 9.78. The fourth-order valence-electron chi connectivity index (χ4n) is 4.87. The molecule has 2 aliphatic rings. The Morgan fingerprint density at radius 2 is 1.68 bits per heavy atom. The van der Waals surface area contributed by atoms with Crippen LogP contribution in [-0.2, 0) is 4.74 Å². The molecule has 4 heteroatoms. The fraction of sp³-hybridized carbons (Fsp3) is 0.333. The number of ether oxygens (including phenoxy) is 1. The maximum Gasteiger partial charge on any atom is 0.166 e. The minimum Gasteiger partial charge on any atom is -0.371 e. The van der Waals surface area contributed by atoms with Gasteiger partial charge in [-0.25, -0.2) is 13.2 Å². The van der Waals surface area contributed by atoms with Crippen LogP contribution in [0.3, 0.4) is 0 Å². The largest absolute Gasteiger partial charge is 0.371 e. The minimum absolute atomic E-state index is 0.0593. The Balaban J connectivity index is 1.45. The van der Waals surface area contributed by atoms with Crippen molar-refractivity contribution in [3.63, 3.8) is 0 Å². The number of halogens is 3. The van der Waals surface area contributed by atoms with Gasteiger partial charge in [-0.1, -0.05) is 60.7 Å². The highest BCUT2D eigenvalue weighted by atomic mass is 19.2. The lowest BCUT2D eigenvalue weighted by Gasteiger charge is -2.27. The number of rotatable bonds is 7. The predicted molar refractivity (Wildman–Crippen MR) is 133 cm³/mol. The summed E-state index contributed by atoms with van der Waals surface area (Å²) in [5.74, 6) is -1.25. The summed E-state index contributed by atoms with van der Waals surface area (Å²) in [7, 11) is 0. The lowest BCUT2D eigenvalue weighted by Crippen LogP contribution is -2.15. The molecule has 2 aromatic rings. The summed E-state index contributed by atoms with van der Waals surface area (Å²) in [4.78, 5) is 0. The van der Waals surface area contributed by atoms with Crippen molar-refractivity contribution in [2.24, 2.45) is 5.92 Å². The first-order chi connectivity index (χ1) is 16.5. The van der Waals surface area contributed by atoms with Crippen molar-refractivity contribution in [1.29, 1.82) is 0 Å². The zero-order chi connectivity index (χ0) is 24.1. The van der Waals surface area contributed by atoms with E-state index >= 15 is 0 Å². The summed E-state index contributed by atoms with van der Waals surface area (Å²) in [5.41, 5.74) is 3.04. The maximum absolute atomic E-state index is 15.0. The van der Waals surface area contributed by atoms with Gasteiger partial charge in [-0.3, -0.25) is 0 Å². The van der Waals surface area contributed by atoms with Gasteiger partial charge in [0, 0.05) is 12.2 Å². The second kappa shape index (κ2) is 11.1. The molecule has 0 aromatic heterocycles. The molecular formula is C30H31F3O. The Bertz CT molecular complexity index is 1100. The second-order valence-electron chi connectivity index (χ2n) is 9.05. The van der Waals surface area contributed by atoms with Crippen LogP contribution in [0.5, 0.6) is 0 Å². The average Bonchev–Trinajstić information content (AvgIpc) is 2.86. The van der Waals surface area contributed by atoms with E-state index in [1.54, 1.807) is 24.3 Å². The van der Waals surface area contributed by atoms with Gasteiger partial charge in [-0.15, -0.1) is 6.58 Å². The molecule has 0 aliphatic heterocycles. The zero-order valence-electron chi connectivity index (χ0n) is 19.6. The van der Waals surface area contributed by atoms with Crippen LogP contribution >= 0.6 is 0 Å². The summed E-state index contributed by atoms with van der Waals surface area (Å²) in [6.07, 6.45) is 12.8. The first-order valence-electron chi connectivity index (χ1n) is 12.1. The topological polar surface area (TPSA) is 9.23 Å². The normalized spacial score (nSPS) is 23.0. The molecule has 1 saturated carbocycles. The molecule has 1 nitrogen and oxygen atoms in total. The van der Waals surface area contributed by atoms with Gasteiger partial charge in [0.2, 0.25) is 0 Å². The molecule has 0 radical (unpaired) electrons. The molecule has 2 aromatic carbocycles. The van der Waals surface area contributed by atoms with E-state index in [0.29, 0.717) is 30.1 Å². The molecule has 0 heterocycles. The van der Waals surface area contributed by atoms with E-state index in [1.165, 1.54) is 6.08 Å². The number of hydrogen-bond donors (Lipinski definition) is 0. The van der Waals surface area contributed by atoms with E-state index in [0.717, 1.165) is 36.8 Å². The molecule has 1 unspecified atom stereocenters.